The van der Waals surface area contributed by atoms with Crippen molar-refractivity contribution in [2.24, 2.45) is 17.3 Å². The van der Waals surface area contributed by atoms with E-state index >= 15 is 0 Å². The first kappa shape index (κ1) is 17.2. The molecule has 1 aromatic rings. The molecule has 2 amide bonds. The zero-order chi connectivity index (χ0) is 18.8. The van der Waals surface area contributed by atoms with E-state index < -0.39 is 11.5 Å². The average Bonchev–Trinajstić information content (AvgIpc) is 2.64. The number of rotatable bonds is 2. The molecule has 4 bridgehead atoms. The fraction of sp³-hybridized carbons (Fsp3) is 0.619. The molecule has 1 aliphatic heterocycles. The molecule has 2 unspecified atom stereocenters. The van der Waals surface area contributed by atoms with Crippen LogP contribution in [-0.2, 0) is 17.8 Å². The van der Waals surface area contributed by atoms with Gasteiger partial charge in [-0.2, -0.15) is 0 Å². The summed E-state index contributed by atoms with van der Waals surface area (Å²) in [4.78, 5) is 27.1. The first-order chi connectivity index (χ1) is 12.9. The Morgan fingerprint density at radius 1 is 1.11 bits per heavy atom. The highest BCUT2D eigenvalue weighted by atomic mass is 16.5. The lowest BCUT2D eigenvalue weighted by molar-refractivity contribution is -0.186. The lowest BCUT2D eigenvalue weighted by Crippen LogP contribution is -2.61. The summed E-state index contributed by atoms with van der Waals surface area (Å²) in [5.74, 6) is 0.699. The summed E-state index contributed by atoms with van der Waals surface area (Å²) in [6.45, 7) is 1.20. The third kappa shape index (κ3) is 2.69. The molecule has 2 atom stereocenters. The van der Waals surface area contributed by atoms with Crippen LogP contribution in [0.5, 0.6) is 0 Å². The van der Waals surface area contributed by atoms with Crippen molar-refractivity contribution in [2.45, 2.75) is 57.1 Å². The van der Waals surface area contributed by atoms with Gasteiger partial charge in [-0.1, -0.05) is 6.07 Å². The number of nitrogens with one attached hydrogen (secondary N) is 1. The Hall–Kier alpha value is -1.92. The molecule has 0 aromatic heterocycles. The zero-order valence-electron chi connectivity index (χ0n) is 15.4. The van der Waals surface area contributed by atoms with Gasteiger partial charge in [0.05, 0.1) is 11.0 Å². The standard InChI is InChI=1S/C21H26N2O4/c24-18(22-27)16-1-2-17-11-23(4-3-15(17)6-16)19(25)20-7-13-5-14(8-20)10-21(26,9-13)12-20/h1-2,6,13-14,26-27H,3-5,7-12H2,(H,22,24). The van der Waals surface area contributed by atoms with Crippen LogP contribution in [0.2, 0.25) is 0 Å². The van der Waals surface area contributed by atoms with E-state index in [1.165, 1.54) is 6.42 Å². The second kappa shape index (κ2) is 5.79. The van der Waals surface area contributed by atoms with Crippen LogP contribution >= 0.6 is 0 Å². The number of carbonyl (C=O) groups is 2. The predicted molar refractivity (Wildman–Crippen MR) is 96.9 cm³/mol. The van der Waals surface area contributed by atoms with E-state index in [1.54, 1.807) is 17.6 Å². The third-order valence-corrected chi connectivity index (χ3v) is 7.35. The van der Waals surface area contributed by atoms with Crippen molar-refractivity contribution >= 4 is 11.8 Å². The molecule has 3 N–H and O–H groups in total. The quantitative estimate of drug-likeness (QED) is 0.549. The highest BCUT2D eigenvalue weighted by molar-refractivity contribution is 5.93. The SMILES string of the molecule is O=C(NO)c1ccc2c(c1)CCN(C(=O)C13CC4CC(CC(O)(C4)C1)C3)C2. The Kier molecular flexibility index (Phi) is 3.69. The van der Waals surface area contributed by atoms with Gasteiger partial charge in [-0.15, -0.1) is 0 Å². The minimum Gasteiger partial charge on any atom is -0.390 e. The highest BCUT2D eigenvalue weighted by Crippen LogP contribution is 2.62. The minimum atomic E-state index is -0.625. The molecule has 1 aromatic carbocycles. The summed E-state index contributed by atoms with van der Waals surface area (Å²) in [5.41, 5.74) is 3.22. The van der Waals surface area contributed by atoms with Gasteiger partial charge in [0.1, 0.15) is 0 Å². The molecule has 4 fully saturated rings. The number of carbonyl (C=O) groups excluding carboxylic acids is 2. The molecule has 0 spiro atoms. The number of aliphatic hydroxyl groups is 1. The van der Waals surface area contributed by atoms with Crippen LogP contribution in [-0.4, -0.2) is 39.2 Å². The second-order valence-electron chi connectivity index (χ2n) is 9.37. The van der Waals surface area contributed by atoms with Crippen LogP contribution < -0.4 is 5.48 Å². The van der Waals surface area contributed by atoms with Crippen molar-refractivity contribution in [3.63, 3.8) is 0 Å². The van der Waals surface area contributed by atoms with Gasteiger partial charge in [-0.05, 0) is 80.0 Å². The Balaban J connectivity index is 1.38. The van der Waals surface area contributed by atoms with Crippen LogP contribution in [0.1, 0.15) is 60.0 Å². The molecule has 144 valence electrons. The summed E-state index contributed by atoms with van der Waals surface area (Å²) >= 11 is 0. The lowest BCUT2D eigenvalue weighted by Gasteiger charge is -2.60. The van der Waals surface area contributed by atoms with E-state index in [0.717, 1.165) is 36.8 Å². The van der Waals surface area contributed by atoms with Gasteiger partial charge in [0, 0.05) is 18.7 Å². The van der Waals surface area contributed by atoms with E-state index in [2.05, 4.69) is 0 Å². The molecule has 6 nitrogen and oxygen atoms in total. The van der Waals surface area contributed by atoms with Gasteiger partial charge < -0.3 is 10.0 Å². The fourth-order valence-corrected chi connectivity index (χ4v) is 6.73. The summed E-state index contributed by atoms with van der Waals surface area (Å²) in [5, 5.41) is 19.8. The molecule has 4 aliphatic carbocycles. The number of benzene rings is 1. The molecule has 0 radical (unpaired) electrons. The minimum absolute atomic E-state index is 0.220. The second-order valence-corrected chi connectivity index (χ2v) is 9.37. The van der Waals surface area contributed by atoms with Gasteiger partial charge in [0.15, 0.2) is 0 Å². The lowest BCUT2D eigenvalue weighted by atomic mass is 9.47. The topological polar surface area (TPSA) is 89.9 Å². The van der Waals surface area contributed by atoms with Crippen molar-refractivity contribution in [1.29, 1.82) is 0 Å². The van der Waals surface area contributed by atoms with Gasteiger partial charge in [0.25, 0.3) is 5.91 Å². The number of amides is 2. The van der Waals surface area contributed by atoms with Gasteiger partial charge >= 0.3 is 0 Å². The fourth-order valence-electron chi connectivity index (χ4n) is 6.73. The Morgan fingerprint density at radius 3 is 2.52 bits per heavy atom. The van der Waals surface area contributed by atoms with Crippen molar-refractivity contribution in [3.05, 3.63) is 34.9 Å². The molecule has 1 heterocycles. The van der Waals surface area contributed by atoms with Crippen molar-refractivity contribution < 1.29 is 19.9 Å². The Morgan fingerprint density at radius 2 is 1.85 bits per heavy atom. The summed E-state index contributed by atoms with van der Waals surface area (Å²) in [6.07, 6.45) is 6.13. The number of hydrogen-bond donors (Lipinski definition) is 3. The van der Waals surface area contributed by atoms with Crippen LogP contribution in [0.3, 0.4) is 0 Å². The largest absolute Gasteiger partial charge is 0.390 e. The van der Waals surface area contributed by atoms with E-state index in [4.69, 9.17) is 5.21 Å². The smallest absolute Gasteiger partial charge is 0.274 e. The Labute approximate surface area is 158 Å². The van der Waals surface area contributed by atoms with E-state index in [1.807, 2.05) is 11.0 Å². The monoisotopic (exact) mass is 370 g/mol. The maximum atomic E-state index is 13.5. The first-order valence-electron chi connectivity index (χ1n) is 9.98. The summed E-state index contributed by atoms with van der Waals surface area (Å²) < 4.78 is 0. The maximum absolute atomic E-state index is 13.5. The van der Waals surface area contributed by atoms with Crippen molar-refractivity contribution in [3.8, 4) is 0 Å². The molecule has 0 saturated heterocycles. The van der Waals surface area contributed by atoms with Crippen LogP contribution in [0.15, 0.2) is 18.2 Å². The first-order valence-corrected chi connectivity index (χ1v) is 9.98. The van der Waals surface area contributed by atoms with Crippen LogP contribution in [0.25, 0.3) is 0 Å². The molecule has 5 aliphatic rings. The van der Waals surface area contributed by atoms with E-state index in [-0.39, 0.29) is 11.3 Å². The summed E-state index contributed by atoms with van der Waals surface area (Å²) in [7, 11) is 0. The summed E-state index contributed by atoms with van der Waals surface area (Å²) in [6, 6.07) is 5.37. The van der Waals surface area contributed by atoms with Crippen LogP contribution in [0.4, 0.5) is 0 Å². The van der Waals surface area contributed by atoms with E-state index in [9.17, 15) is 14.7 Å². The zero-order valence-corrected chi connectivity index (χ0v) is 15.4. The predicted octanol–water partition coefficient (Wildman–Crippen LogP) is 2.02. The molecule has 27 heavy (non-hydrogen) atoms. The third-order valence-electron chi connectivity index (χ3n) is 7.35. The van der Waals surface area contributed by atoms with Gasteiger partial charge in [0.2, 0.25) is 5.91 Å². The number of fused-ring (bicyclic) bond motifs is 1. The normalized spacial score (nSPS) is 36.4. The highest BCUT2D eigenvalue weighted by Gasteiger charge is 2.60. The molecular formula is C21H26N2O4. The molecule has 6 rings (SSSR count). The Bertz CT molecular complexity index is 806. The van der Waals surface area contributed by atoms with E-state index in [0.29, 0.717) is 43.3 Å². The molecular weight excluding hydrogens is 344 g/mol. The molecule has 6 heteroatoms. The maximum Gasteiger partial charge on any atom is 0.274 e. The number of hydrogen-bond acceptors (Lipinski definition) is 4. The van der Waals surface area contributed by atoms with Crippen LogP contribution in [0, 0.1) is 17.3 Å². The van der Waals surface area contributed by atoms with Crippen molar-refractivity contribution in [2.75, 3.05) is 6.54 Å². The molecule has 4 saturated carbocycles. The van der Waals surface area contributed by atoms with Gasteiger partial charge in [-0.3, -0.25) is 14.8 Å². The average molecular weight is 370 g/mol. The number of hydroxylamine groups is 1. The van der Waals surface area contributed by atoms with Crippen molar-refractivity contribution in [1.82, 2.24) is 10.4 Å². The number of nitrogens with zero attached hydrogens (tertiary/aromatic N) is 1. The van der Waals surface area contributed by atoms with Gasteiger partial charge in [-0.25, -0.2) is 5.48 Å².